The smallest absolute Gasteiger partial charge is 0.419 e. The molecule has 1 amide bonds. The van der Waals surface area contributed by atoms with Gasteiger partial charge in [-0.2, -0.15) is 0 Å². The topological polar surface area (TPSA) is 52.6 Å². The van der Waals surface area contributed by atoms with Crippen LogP contribution in [0.4, 0.5) is 4.79 Å². The van der Waals surface area contributed by atoms with Gasteiger partial charge in [-0.3, -0.25) is 5.43 Å². The van der Waals surface area contributed by atoms with Crippen LogP contribution in [0.15, 0.2) is 0 Å². The number of amides is 1. The second kappa shape index (κ2) is 4.18. The fraction of sp³-hybridized carbons (Fsp3) is 0.857. The average molecular weight is 160 g/mol. The van der Waals surface area contributed by atoms with Gasteiger partial charge >= 0.3 is 6.09 Å². The Bertz CT molecular complexity index is 126. The summed E-state index contributed by atoms with van der Waals surface area (Å²) in [5.41, 5.74) is 2.33. The summed E-state index contributed by atoms with van der Waals surface area (Å²) < 4.78 is 0. The number of nitrogens with zero attached hydrogens (tertiary/aromatic N) is 1. The molecule has 0 rings (SSSR count). The molecule has 0 aromatic carbocycles. The molecule has 0 fully saturated rings. The maximum absolute atomic E-state index is 10.3. The minimum atomic E-state index is -1.01. The maximum Gasteiger partial charge on any atom is 0.419 e. The summed E-state index contributed by atoms with van der Waals surface area (Å²) in [5, 5.41) is 10.1. The van der Waals surface area contributed by atoms with Crippen molar-refractivity contribution in [2.75, 3.05) is 0 Å². The van der Waals surface area contributed by atoms with Gasteiger partial charge in [-0.1, -0.05) is 0 Å². The van der Waals surface area contributed by atoms with Crippen LogP contribution in [0.5, 0.6) is 0 Å². The molecular weight excluding hydrogens is 144 g/mol. The zero-order chi connectivity index (χ0) is 9.02. The number of hydrazine groups is 1. The van der Waals surface area contributed by atoms with Crippen molar-refractivity contribution in [3.05, 3.63) is 0 Å². The van der Waals surface area contributed by atoms with Crippen LogP contribution in [0, 0.1) is 0 Å². The van der Waals surface area contributed by atoms with Crippen molar-refractivity contribution in [3.63, 3.8) is 0 Å². The lowest BCUT2D eigenvalue weighted by molar-refractivity contribution is 0.0913. The molecule has 4 heteroatoms. The standard InChI is InChI=1S/C7H16N2O2/c1-5(2)9(6(3)4)8-7(10)11/h5-6,8H,1-4H3,(H,10,11). The Morgan fingerprint density at radius 3 is 1.73 bits per heavy atom. The first kappa shape index (κ1) is 10.2. The second-order valence-corrected chi connectivity index (χ2v) is 3.01. The van der Waals surface area contributed by atoms with Gasteiger partial charge in [0.2, 0.25) is 0 Å². The van der Waals surface area contributed by atoms with Crippen LogP contribution in [0.25, 0.3) is 0 Å². The van der Waals surface area contributed by atoms with Crippen molar-refractivity contribution < 1.29 is 9.90 Å². The third-order valence-electron chi connectivity index (χ3n) is 1.34. The predicted molar refractivity (Wildman–Crippen MR) is 43.3 cm³/mol. The third kappa shape index (κ3) is 3.83. The van der Waals surface area contributed by atoms with Gasteiger partial charge < -0.3 is 5.11 Å². The van der Waals surface area contributed by atoms with Gasteiger partial charge in [0.15, 0.2) is 0 Å². The van der Waals surface area contributed by atoms with E-state index >= 15 is 0 Å². The number of carboxylic acid groups (broad SMARTS) is 1. The quantitative estimate of drug-likeness (QED) is 0.611. The SMILES string of the molecule is CC(C)N(NC(=O)O)C(C)C. The Kier molecular flexibility index (Phi) is 3.89. The molecule has 4 nitrogen and oxygen atoms in total. The van der Waals surface area contributed by atoms with Crippen LogP contribution in [0.1, 0.15) is 27.7 Å². The molecule has 0 heterocycles. The first-order valence-corrected chi connectivity index (χ1v) is 3.73. The van der Waals surface area contributed by atoms with Crippen LogP contribution < -0.4 is 5.43 Å². The lowest BCUT2D eigenvalue weighted by Gasteiger charge is -2.29. The van der Waals surface area contributed by atoms with Crippen molar-refractivity contribution in [1.82, 2.24) is 10.4 Å². The molecule has 0 aliphatic heterocycles. The Morgan fingerprint density at radius 2 is 1.64 bits per heavy atom. The van der Waals surface area contributed by atoms with Gasteiger partial charge in [0.25, 0.3) is 0 Å². The van der Waals surface area contributed by atoms with Gasteiger partial charge in [-0.25, -0.2) is 9.80 Å². The van der Waals surface area contributed by atoms with Gasteiger partial charge in [0, 0.05) is 12.1 Å². The second-order valence-electron chi connectivity index (χ2n) is 3.01. The fourth-order valence-electron chi connectivity index (χ4n) is 0.965. The summed E-state index contributed by atoms with van der Waals surface area (Å²) in [6.07, 6.45) is -1.01. The Morgan fingerprint density at radius 1 is 1.27 bits per heavy atom. The molecule has 0 saturated carbocycles. The van der Waals surface area contributed by atoms with E-state index in [0.717, 1.165) is 0 Å². The number of nitrogens with one attached hydrogen (secondary N) is 1. The first-order chi connectivity index (χ1) is 4.95. The normalized spacial score (nSPS) is 11.2. The molecule has 0 bridgehead atoms. The number of rotatable bonds is 3. The van der Waals surface area contributed by atoms with Gasteiger partial charge in [0.05, 0.1) is 0 Å². The summed E-state index contributed by atoms with van der Waals surface area (Å²) >= 11 is 0. The molecule has 0 atom stereocenters. The maximum atomic E-state index is 10.3. The summed E-state index contributed by atoms with van der Waals surface area (Å²) in [6, 6.07) is 0.372. The molecule has 0 aliphatic rings. The predicted octanol–water partition coefficient (Wildman–Crippen LogP) is 1.29. The fourth-order valence-corrected chi connectivity index (χ4v) is 0.965. The van der Waals surface area contributed by atoms with Crippen LogP contribution in [0.3, 0.4) is 0 Å². The van der Waals surface area contributed by atoms with E-state index in [9.17, 15) is 4.79 Å². The molecule has 0 aromatic heterocycles. The van der Waals surface area contributed by atoms with Gasteiger partial charge in [-0.15, -0.1) is 0 Å². The highest BCUT2D eigenvalue weighted by Crippen LogP contribution is 1.99. The molecule has 2 N–H and O–H groups in total. The highest BCUT2D eigenvalue weighted by molar-refractivity contribution is 5.63. The number of hydrogen-bond donors (Lipinski definition) is 2. The van der Waals surface area contributed by atoms with E-state index in [-0.39, 0.29) is 12.1 Å². The molecule has 0 unspecified atom stereocenters. The average Bonchev–Trinajstić information content (AvgIpc) is 1.81. The third-order valence-corrected chi connectivity index (χ3v) is 1.34. The van der Waals surface area contributed by atoms with E-state index in [4.69, 9.17) is 5.11 Å². The van der Waals surface area contributed by atoms with E-state index in [1.807, 2.05) is 27.7 Å². The molecular formula is C7H16N2O2. The van der Waals surface area contributed by atoms with E-state index in [1.165, 1.54) is 0 Å². The molecule has 0 saturated heterocycles. The Balaban J connectivity index is 4.00. The number of hydrogen-bond acceptors (Lipinski definition) is 2. The summed E-state index contributed by atoms with van der Waals surface area (Å²) in [5.74, 6) is 0. The highest BCUT2D eigenvalue weighted by Gasteiger charge is 2.14. The molecule has 0 spiro atoms. The van der Waals surface area contributed by atoms with E-state index in [0.29, 0.717) is 0 Å². The van der Waals surface area contributed by atoms with Crippen molar-refractivity contribution in [2.24, 2.45) is 0 Å². The lowest BCUT2D eigenvalue weighted by atomic mass is 10.3. The van der Waals surface area contributed by atoms with Crippen molar-refractivity contribution in [2.45, 2.75) is 39.8 Å². The molecule has 0 aliphatic carbocycles. The zero-order valence-corrected chi connectivity index (χ0v) is 7.46. The van der Waals surface area contributed by atoms with E-state index in [1.54, 1.807) is 5.01 Å². The molecule has 66 valence electrons. The van der Waals surface area contributed by atoms with Crippen molar-refractivity contribution in [3.8, 4) is 0 Å². The molecule has 11 heavy (non-hydrogen) atoms. The van der Waals surface area contributed by atoms with Gasteiger partial charge in [-0.05, 0) is 27.7 Å². The van der Waals surface area contributed by atoms with Crippen LogP contribution in [-0.4, -0.2) is 28.3 Å². The Labute approximate surface area is 67.2 Å². The molecule has 0 aromatic rings. The minimum Gasteiger partial charge on any atom is -0.464 e. The monoisotopic (exact) mass is 160 g/mol. The molecule has 0 radical (unpaired) electrons. The van der Waals surface area contributed by atoms with E-state index < -0.39 is 6.09 Å². The zero-order valence-electron chi connectivity index (χ0n) is 7.46. The van der Waals surface area contributed by atoms with Crippen molar-refractivity contribution >= 4 is 6.09 Å². The highest BCUT2D eigenvalue weighted by atomic mass is 16.4. The largest absolute Gasteiger partial charge is 0.464 e. The van der Waals surface area contributed by atoms with Crippen LogP contribution in [-0.2, 0) is 0 Å². The lowest BCUT2D eigenvalue weighted by Crippen LogP contribution is -2.49. The summed E-state index contributed by atoms with van der Waals surface area (Å²) in [6.45, 7) is 7.76. The Hall–Kier alpha value is -0.770. The van der Waals surface area contributed by atoms with Gasteiger partial charge in [0.1, 0.15) is 0 Å². The van der Waals surface area contributed by atoms with Crippen LogP contribution >= 0.6 is 0 Å². The van der Waals surface area contributed by atoms with Crippen LogP contribution in [0.2, 0.25) is 0 Å². The van der Waals surface area contributed by atoms with E-state index in [2.05, 4.69) is 5.43 Å². The number of carbonyl (C=O) groups is 1. The summed E-state index contributed by atoms with van der Waals surface area (Å²) in [7, 11) is 0. The first-order valence-electron chi connectivity index (χ1n) is 3.73. The minimum absolute atomic E-state index is 0.186. The van der Waals surface area contributed by atoms with Crippen molar-refractivity contribution in [1.29, 1.82) is 0 Å². The summed E-state index contributed by atoms with van der Waals surface area (Å²) in [4.78, 5) is 10.3.